The number of hydrogen-bond acceptors (Lipinski definition) is 1. The number of rotatable bonds is 3. The second kappa shape index (κ2) is 4.20. The van der Waals surface area contributed by atoms with Gasteiger partial charge in [-0.05, 0) is 43.9 Å². The van der Waals surface area contributed by atoms with Crippen molar-refractivity contribution in [2.45, 2.75) is 32.0 Å². The maximum Gasteiger partial charge on any atom is 0.416 e. The summed E-state index contributed by atoms with van der Waals surface area (Å²) in [5, 5.41) is 2.91. The number of nitrogens with one attached hydrogen (secondary N) is 1. The quantitative estimate of drug-likeness (QED) is 0.794. The van der Waals surface area contributed by atoms with Crippen molar-refractivity contribution >= 4 is 5.69 Å². The lowest BCUT2D eigenvalue weighted by Crippen LogP contribution is -2.18. The highest BCUT2D eigenvalue weighted by Crippen LogP contribution is 2.35. The van der Waals surface area contributed by atoms with Crippen molar-refractivity contribution in [1.29, 1.82) is 0 Å². The van der Waals surface area contributed by atoms with Gasteiger partial charge in [-0.25, -0.2) is 4.39 Å². The first kappa shape index (κ1) is 12.2. The average Bonchev–Trinajstić information content (AvgIpc) is 3.02. The van der Waals surface area contributed by atoms with Crippen molar-refractivity contribution < 1.29 is 17.6 Å². The Morgan fingerprint density at radius 2 is 1.94 bits per heavy atom. The number of hydrogen-bond donors (Lipinski definition) is 1. The molecule has 1 unspecified atom stereocenters. The molecule has 2 rings (SSSR count). The lowest BCUT2D eigenvalue weighted by molar-refractivity contribution is -0.137. The molecule has 0 aromatic heterocycles. The highest BCUT2D eigenvalue weighted by molar-refractivity contribution is 5.47. The van der Waals surface area contributed by atoms with Crippen LogP contribution in [0.15, 0.2) is 18.2 Å². The third kappa shape index (κ3) is 2.90. The summed E-state index contributed by atoms with van der Waals surface area (Å²) in [5.74, 6) is -0.344. The smallest absolute Gasteiger partial charge is 0.380 e. The van der Waals surface area contributed by atoms with Gasteiger partial charge in [0.15, 0.2) is 0 Å². The van der Waals surface area contributed by atoms with Gasteiger partial charge in [-0.2, -0.15) is 13.2 Å². The van der Waals surface area contributed by atoms with Crippen LogP contribution in [0.3, 0.4) is 0 Å². The highest BCUT2D eigenvalue weighted by Gasteiger charge is 2.32. The Bertz CT molecular complexity index is 409. The molecule has 0 bridgehead atoms. The molecule has 0 saturated heterocycles. The van der Waals surface area contributed by atoms with Crippen LogP contribution in [-0.2, 0) is 6.18 Å². The van der Waals surface area contributed by atoms with Crippen LogP contribution in [0.1, 0.15) is 25.3 Å². The maximum absolute atomic E-state index is 13.5. The van der Waals surface area contributed by atoms with Gasteiger partial charge in [0.2, 0.25) is 0 Å². The van der Waals surface area contributed by atoms with Crippen molar-refractivity contribution in [3.8, 4) is 0 Å². The molecule has 0 heterocycles. The topological polar surface area (TPSA) is 12.0 Å². The molecule has 1 fully saturated rings. The largest absolute Gasteiger partial charge is 0.416 e. The zero-order valence-electron chi connectivity index (χ0n) is 9.31. The first-order chi connectivity index (χ1) is 7.88. The summed E-state index contributed by atoms with van der Waals surface area (Å²) >= 11 is 0. The molecule has 0 aliphatic heterocycles. The van der Waals surface area contributed by atoms with E-state index in [1.54, 1.807) is 0 Å². The Labute approximate surface area is 96.8 Å². The molecule has 0 spiro atoms. The fourth-order valence-corrected chi connectivity index (χ4v) is 1.77. The standard InChI is InChI=1S/C12H13F4N/c1-7(8-2-3-8)17-11-5-4-9(6-10(11)13)12(14,15)16/h4-8,17H,2-3H2,1H3. The van der Waals surface area contributed by atoms with E-state index in [1.807, 2.05) is 6.92 Å². The minimum atomic E-state index is -4.50. The van der Waals surface area contributed by atoms with Crippen LogP contribution in [-0.4, -0.2) is 6.04 Å². The van der Waals surface area contributed by atoms with Gasteiger partial charge in [0.25, 0.3) is 0 Å². The first-order valence-electron chi connectivity index (χ1n) is 5.51. The van der Waals surface area contributed by atoms with Crippen LogP contribution in [0, 0.1) is 11.7 Å². The Kier molecular flexibility index (Phi) is 3.02. The van der Waals surface area contributed by atoms with Crippen molar-refractivity contribution in [1.82, 2.24) is 0 Å². The summed E-state index contributed by atoms with van der Waals surface area (Å²) < 4.78 is 50.4. The molecule has 1 nitrogen and oxygen atoms in total. The lowest BCUT2D eigenvalue weighted by atomic mass is 10.1. The van der Waals surface area contributed by atoms with Crippen LogP contribution in [0.4, 0.5) is 23.2 Å². The van der Waals surface area contributed by atoms with Gasteiger partial charge in [-0.1, -0.05) is 0 Å². The van der Waals surface area contributed by atoms with Crippen molar-refractivity contribution in [2.24, 2.45) is 5.92 Å². The fraction of sp³-hybridized carbons (Fsp3) is 0.500. The molecular formula is C12H13F4N. The number of halogens is 4. The second-order valence-electron chi connectivity index (χ2n) is 4.46. The Morgan fingerprint density at radius 3 is 2.41 bits per heavy atom. The van der Waals surface area contributed by atoms with Gasteiger partial charge in [-0.15, -0.1) is 0 Å². The van der Waals surface area contributed by atoms with Crippen LogP contribution in [0.2, 0.25) is 0 Å². The third-order valence-electron chi connectivity index (χ3n) is 3.01. The van der Waals surface area contributed by atoms with Gasteiger partial charge in [-0.3, -0.25) is 0 Å². The zero-order valence-corrected chi connectivity index (χ0v) is 9.31. The van der Waals surface area contributed by atoms with E-state index in [0.717, 1.165) is 25.0 Å². The maximum atomic E-state index is 13.5. The summed E-state index contributed by atoms with van der Waals surface area (Å²) in [5.41, 5.74) is -0.822. The molecule has 1 aliphatic rings. The Hall–Kier alpha value is -1.26. The van der Waals surface area contributed by atoms with E-state index in [0.29, 0.717) is 12.0 Å². The van der Waals surface area contributed by atoms with Gasteiger partial charge in [0.1, 0.15) is 5.82 Å². The van der Waals surface area contributed by atoms with E-state index in [9.17, 15) is 17.6 Å². The van der Waals surface area contributed by atoms with Gasteiger partial charge in [0.05, 0.1) is 11.3 Å². The van der Waals surface area contributed by atoms with E-state index >= 15 is 0 Å². The van der Waals surface area contributed by atoms with E-state index < -0.39 is 17.6 Å². The average molecular weight is 247 g/mol. The molecule has 0 radical (unpaired) electrons. The van der Waals surface area contributed by atoms with E-state index in [-0.39, 0.29) is 11.7 Å². The number of anilines is 1. The zero-order chi connectivity index (χ0) is 12.6. The van der Waals surface area contributed by atoms with Crippen LogP contribution in [0.25, 0.3) is 0 Å². The fourth-order valence-electron chi connectivity index (χ4n) is 1.77. The van der Waals surface area contributed by atoms with E-state index in [2.05, 4.69) is 5.32 Å². The summed E-state index contributed by atoms with van der Waals surface area (Å²) in [6.45, 7) is 1.91. The SMILES string of the molecule is CC(Nc1ccc(C(F)(F)F)cc1F)C1CC1. The van der Waals surface area contributed by atoms with E-state index in [1.165, 1.54) is 0 Å². The van der Waals surface area contributed by atoms with Crippen molar-refractivity contribution in [3.05, 3.63) is 29.6 Å². The summed E-state index contributed by atoms with van der Waals surface area (Å²) in [4.78, 5) is 0. The third-order valence-corrected chi connectivity index (χ3v) is 3.01. The molecule has 5 heteroatoms. The lowest BCUT2D eigenvalue weighted by Gasteiger charge is -2.16. The molecule has 17 heavy (non-hydrogen) atoms. The Morgan fingerprint density at radius 1 is 1.29 bits per heavy atom. The first-order valence-corrected chi connectivity index (χ1v) is 5.51. The van der Waals surface area contributed by atoms with Crippen molar-refractivity contribution in [2.75, 3.05) is 5.32 Å². The molecule has 94 valence electrons. The van der Waals surface area contributed by atoms with Crippen molar-refractivity contribution in [3.63, 3.8) is 0 Å². The second-order valence-corrected chi connectivity index (χ2v) is 4.46. The normalized spacial score (nSPS) is 17.9. The van der Waals surface area contributed by atoms with Crippen LogP contribution >= 0.6 is 0 Å². The molecule has 1 N–H and O–H groups in total. The predicted octanol–water partition coefficient (Wildman–Crippen LogP) is 4.05. The Balaban J connectivity index is 2.13. The van der Waals surface area contributed by atoms with Gasteiger partial charge >= 0.3 is 6.18 Å². The number of alkyl halides is 3. The van der Waals surface area contributed by atoms with E-state index in [4.69, 9.17) is 0 Å². The van der Waals surface area contributed by atoms with Gasteiger partial charge in [0, 0.05) is 6.04 Å². The minimum Gasteiger partial charge on any atom is -0.380 e. The minimum absolute atomic E-state index is 0.0984. The molecule has 1 atom stereocenters. The summed E-state index contributed by atoms with van der Waals surface area (Å²) in [6, 6.07) is 2.67. The molecule has 1 aromatic rings. The molecule has 1 saturated carbocycles. The summed E-state index contributed by atoms with van der Waals surface area (Å²) in [6.07, 6.45) is -2.31. The molecular weight excluding hydrogens is 234 g/mol. The monoisotopic (exact) mass is 247 g/mol. The molecule has 1 aromatic carbocycles. The number of benzene rings is 1. The predicted molar refractivity (Wildman–Crippen MR) is 57.2 cm³/mol. The highest BCUT2D eigenvalue weighted by atomic mass is 19.4. The van der Waals surface area contributed by atoms with Crippen LogP contribution in [0.5, 0.6) is 0 Å². The van der Waals surface area contributed by atoms with Crippen LogP contribution < -0.4 is 5.32 Å². The molecule has 0 amide bonds. The van der Waals surface area contributed by atoms with Gasteiger partial charge < -0.3 is 5.32 Å². The summed E-state index contributed by atoms with van der Waals surface area (Å²) in [7, 11) is 0. The molecule has 1 aliphatic carbocycles.